The maximum absolute atomic E-state index is 14.2. The summed E-state index contributed by atoms with van der Waals surface area (Å²) < 4.78 is 0. The topological polar surface area (TPSA) is 123 Å². The van der Waals surface area contributed by atoms with Crippen molar-refractivity contribution in [3.05, 3.63) is 108 Å². The first-order valence-electron chi connectivity index (χ1n) is 15.2. The number of rotatable bonds is 6. The van der Waals surface area contributed by atoms with Crippen LogP contribution in [0.3, 0.4) is 0 Å². The SMILES string of the molecule is CC1C[C@@H]2C(=O)N[C@@H](Cc3ccccc3)C(=O)N[C@@H](Cc3c[nH]c4ccccc34)C(=O)N[C@@H](Cc3ccccc3)C(=O)N2C1. The number of hydrogen-bond donors (Lipinski definition) is 4. The predicted octanol–water partition coefficient (Wildman–Crippen LogP) is 2.90. The summed E-state index contributed by atoms with van der Waals surface area (Å²) in [6.07, 6.45) is 3.02. The van der Waals surface area contributed by atoms with Crippen molar-refractivity contribution < 1.29 is 19.2 Å². The van der Waals surface area contributed by atoms with Crippen molar-refractivity contribution in [3.63, 3.8) is 0 Å². The summed E-state index contributed by atoms with van der Waals surface area (Å²) in [5.74, 6) is -1.48. The van der Waals surface area contributed by atoms with E-state index in [9.17, 15) is 19.2 Å². The number of aromatic nitrogens is 1. The second kappa shape index (κ2) is 12.8. The van der Waals surface area contributed by atoms with Crippen LogP contribution in [0.2, 0.25) is 0 Å². The predicted molar refractivity (Wildman–Crippen MR) is 167 cm³/mol. The third-order valence-corrected chi connectivity index (χ3v) is 8.64. The van der Waals surface area contributed by atoms with Gasteiger partial charge in [-0.3, -0.25) is 19.2 Å². The monoisotopic (exact) mass is 591 g/mol. The zero-order valence-electron chi connectivity index (χ0n) is 24.7. The van der Waals surface area contributed by atoms with Gasteiger partial charge in [-0.2, -0.15) is 0 Å². The van der Waals surface area contributed by atoms with Gasteiger partial charge < -0.3 is 25.8 Å². The molecule has 3 aromatic carbocycles. The van der Waals surface area contributed by atoms with Crippen LogP contribution in [0.15, 0.2) is 91.1 Å². The van der Waals surface area contributed by atoms with Crippen molar-refractivity contribution in [2.75, 3.05) is 6.54 Å². The number of aromatic amines is 1. The quantitative estimate of drug-likeness (QED) is 0.275. The van der Waals surface area contributed by atoms with Crippen molar-refractivity contribution in [1.82, 2.24) is 25.8 Å². The standard InChI is InChI=1S/C35H37N5O4/c1-22-16-31-34(43)38-28(17-23-10-4-2-5-11-23)32(41)37-29(19-25-20-36-27-15-9-8-14-26(25)27)33(42)39-30(35(44)40(31)21-22)18-24-12-6-3-7-13-24/h2-15,20,22,28-31,36H,16-19,21H2,1H3,(H,37,41)(H,38,43)(H,39,42)/t22?,28-,29-,30-,31+/m0/s1. The molecule has 0 radical (unpaired) electrons. The number of carbonyl (C=O) groups is 4. The molecule has 0 spiro atoms. The van der Waals surface area contributed by atoms with Gasteiger partial charge in [-0.1, -0.05) is 85.8 Å². The summed E-state index contributed by atoms with van der Waals surface area (Å²) in [6.45, 7) is 2.40. The molecule has 226 valence electrons. The van der Waals surface area contributed by atoms with Gasteiger partial charge in [-0.25, -0.2) is 0 Å². The second-order valence-corrected chi connectivity index (χ2v) is 12.0. The third-order valence-electron chi connectivity index (χ3n) is 8.64. The lowest BCUT2D eigenvalue weighted by Crippen LogP contribution is -2.62. The Morgan fingerprint density at radius 1 is 0.659 bits per heavy atom. The highest BCUT2D eigenvalue weighted by Crippen LogP contribution is 2.26. The molecule has 1 aromatic heterocycles. The number of H-pyrrole nitrogens is 1. The molecule has 0 saturated carbocycles. The van der Waals surface area contributed by atoms with Gasteiger partial charge in [0.05, 0.1) is 0 Å². The van der Waals surface area contributed by atoms with Crippen LogP contribution < -0.4 is 16.0 Å². The van der Waals surface area contributed by atoms with Crippen LogP contribution in [0.5, 0.6) is 0 Å². The van der Waals surface area contributed by atoms with E-state index in [0.717, 1.165) is 27.6 Å². The molecule has 2 aliphatic rings. The molecule has 6 rings (SSSR count). The zero-order chi connectivity index (χ0) is 30.6. The maximum atomic E-state index is 14.2. The molecule has 9 heteroatoms. The Labute approximate surface area is 256 Å². The van der Waals surface area contributed by atoms with Gasteiger partial charge in [-0.15, -0.1) is 0 Å². The van der Waals surface area contributed by atoms with Gasteiger partial charge in [0.15, 0.2) is 0 Å². The summed E-state index contributed by atoms with van der Waals surface area (Å²) in [4.78, 5) is 60.8. The molecular formula is C35H37N5O4. The van der Waals surface area contributed by atoms with Crippen molar-refractivity contribution in [1.29, 1.82) is 0 Å². The Morgan fingerprint density at radius 3 is 1.89 bits per heavy atom. The number of hydrogen-bond acceptors (Lipinski definition) is 4. The van der Waals surface area contributed by atoms with Gasteiger partial charge in [0.2, 0.25) is 23.6 Å². The Hall–Kier alpha value is -4.92. The molecule has 4 N–H and O–H groups in total. The van der Waals surface area contributed by atoms with E-state index in [2.05, 4.69) is 20.9 Å². The molecule has 2 aliphatic heterocycles. The molecule has 2 saturated heterocycles. The van der Waals surface area contributed by atoms with Crippen LogP contribution in [0.4, 0.5) is 0 Å². The Balaban J connectivity index is 1.37. The van der Waals surface area contributed by atoms with Crippen LogP contribution in [0.1, 0.15) is 30.0 Å². The smallest absolute Gasteiger partial charge is 0.246 e. The molecule has 9 nitrogen and oxygen atoms in total. The minimum atomic E-state index is -0.990. The van der Waals surface area contributed by atoms with E-state index >= 15 is 0 Å². The van der Waals surface area contributed by atoms with E-state index in [1.54, 1.807) is 4.90 Å². The molecule has 1 unspecified atom stereocenters. The third kappa shape index (κ3) is 6.37. The van der Waals surface area contributed by atoms with Crippen molar-refractivity contribution >= 4 is 34.5 Å². The van der Waals surface area contributed by atoms with E-state index in [-0.39, 0.29) is 37.0 Å². The molecule has 4 aromatic rings. The fourth-order valence-electron chi connectivity index (χ4n) is 6.39. The number of nitrogens with zero attached hydrogens (tertiary/aromatic N) is 1. The highest BCUT2D eigenvalue weighted by Gasteiger charge is 2.43. The van der Waals surface area contributed by atoms with Gasteiger partial charge in [-0.05, 0) is 35.1 Å². The fraction of sp³-hybridized carbons (Fsp3) is 0.314. The van der Waals surface area contributed by atoms with Crippen LogP contribution in [-0.4, -0.2) is 64.2 Å². The van der Waals surface area contributed by atoms with Gasteiger partial charge >= 0.3 is 0 Å². The minimum absolute atomic E-state index is 0.0870. The number of fused-ring (bicyclic) bond motifs is 2. The lowest BCUT2D eigenvalue weighted by atomic mass is 9.99. The summed E-state index contributed by atoms with van der Waals surface area (Å²) in [5.41, 5.74) is 3.53. The van der Waals surface area contributed by atoms with E-state index in [1.807, 2.05) is 98.0 Å². The molecule has 44 heavy (non-hydrogen) atoms. The molecule has 4 amide bonds. The molecule has 2 fully saturated rings. The Morgan fingerprint density at radius 2 is 1.20 bits per heavy atom. The first kappa shape index (κ1) is 29.2. The highest BCUT2D eigenvalue weighted by molar-refractivity contribution is 5.98. The summed E-state index contributed by atoms with van der Waals surface area (Å²) >= 11 is 0. The minimum Gasteiger partial charge on any atom is -0.361 e. The molecule has 0 bridgehead atoms. The average Bonchev–Trinajstić information content (AvgIpc) is 3.63. The van der Waals surface area contributed by atoms with Crippen LogP contribution in [-0.2, 0) is 38.4 Å². The normalized spacial score (nSPS) is 24.6. The number of benzene rings is 3. The summed E-state index contributed by atoms with van der Waals surface area (Å²) in [5, 5.41) is 9.82. The molecule has 3 heterocycles. The van der Waals surface area contributed by atoms with E-state index in [0.29, 0.717) is 13.0 Å². The maximum Gasteiger partial charge on any atom is 0.246 e. The average molecular weight is 592 g/mol. The van der Waals surface area contributed by atoms with E-state index in [4.69, 9.17) is 0 Å². The lowest BCUT2D eigenvalue weighted by molar-refractivity contribution is -0.143. The number of amides is 4. The van der Waals surface area contributed by atoms with Crippen LogP contribution >= 0.6 is 0 Å². The van der Waals surface area contributed by atoms with Gasteiger partial charge in [0.25, 0.3) is 0 Å². The highest BCUT2D eigenvalue weighted by atomic mass is 16.2. The first-order chi connectivity index (χ1) is 21.4. The number of carbonyl (C=O) groups excluding carboxylic acids is 4. The first-order valence-corrected chi connectivity index (χ1v) is 15.2. The largest absolute Gasteiger partial charge is 0.361 e. The fourth-order valence-corrected chi connectivity index (χ4v) is 6.39. The van der Waals surface area contributed by atoms with Crippen molar-refractivity contribution in [2.45, 2.75) is 56.8 Å². The van der Waals surface area contributed by atoms with E-state index < -0.39 is 36.0 Å². The van der Waals surface area contributed by atoms with Crippen molar-refractivity contribution in [2.24, 2.45) is 5.92 Å². The lowest BCUT2D eigenvalue weighted by Gasteiger charge is -2.32. The van der Waals surface area contributed by atoms with Gasteiger partial charge in [0, 0.05) is 42.9 Å². The molecule has 5 atom stereocenters. The second-order valence-electron chi connectivity index (χ2n) is 12.0. The Bertz CT molecular complexity index is 1650. The van der Waals surface area contributed by atoms with Crippen molar-refractivity contribution in [3.8, 4) is 0 Å². The van der Waals surface area contributed by atoms with Crippen LogP contribution in [0, 0.1) is 5.92 Å². The number of nitrogens with one attached hydrogen (secondary N) is 4. The zero-order valence-corrected chi connectivity index (χ0v) is 24.7. The summed E-state index contributed by atoms with van der Waals surface area (Å²) in [7, 11) is 0. The van der Waals surface area contributed by atoms with E-state index in [1.165, 1.54) is 0 Å². The number of para-hydroxylation sites is 1. The molecular weight excluding hydrogens is 554 g/mol. The molecule has 0 aliphatic carbocycles. The van der Waals surface area contributed by atoms with Gasteiger partial charge in [0.1, 0.15) is 24.2 Å². The van der Waals surface area contributed by atoms with Crippen LogP contribution in [0.25, 0.3) is 10.9 Å². The summed E-state index contributed by atoms with van der Waals surface area (Å²) in [6, 6.07) is 23.1. The Kier molecular flexibility index (Phi) is 8.45.